The smallest absolute Gasteiger partial charge is 0.254 e. The molecule has 0 saturated heterocycles. The number of rotatable bonds is 3. The van der Waals surface area contributed by atoms with Crippen molar-refractivity contribution in [2.45, 2.75) is 38.1 Å². The molecule has 4 rings (SSSR count). The lowest BCUT2D eigenvalue weighted by Gasteiger charge is -2.22. The van der Waals surface area contributed by atoms with E-state index in [-0.39, 0.29) is 0 Å². The van der Waals surface area contributed by atoms with Gasteiger partial charge in [0.05, 0.1) is 0 Å². The fraction of sp³-hybridized carbons (Fsp3) is 0.353. The molecular weight excluding hydrogens is 274 g/mol. The van der Waals surface area contributed by atoms with E-state index in [2.05, 4.69) is 50.7 Å². The lowest BCUT2D eigenvalue weighted by molar-refractivity contribution is 0.643. The number of hydrogen-bond donors (Lipinski definition) is 1. The standard InChI is InChI=1S/C17H19N5/c1-12-10-16(22-17(20-12)18-11-19-22)21-15-9-5-8-14(15)13-6-3-2-4-7-13/h2-4,6-7,10-11,14-15,21H,5,8-9H2,1H3/t14-,15+/m0/s1. The molecule has 5 heteroatoms. The molecule has 2 atom stereocenters. The predicted octanol–water partition coefficient (Wildman–Crippen LogP) is 3.18. The molecule has 112 valence electrons. The summed E-state index contributed by atoms with van der Waals surface area (Å²) in [6.45, 7) is 1.99. The van der Waals surface area contributed by atoms with Crippen LogP contribution in [-0.2, 0) is 0 Å². The van der Waals surface area contributed by atoms with Crippen molar-refractivity contribution < 1.29 is 0 Å². The van der Waals surface area contributed by atoms with Gasteiger partial charge in [0.1, 0.15) is 12.1 Å². The van der Waals surface area contributed by atoms with Crippen molar-refractivity contribution in [3.05, 3.63) is 54.0 Å². The van der Waals surface area contributed by atoms with E-state index in [0.29, 0.717) is 17.7 Å². The lowest BCUT2D eigenvalue weighted by Crippen LogP contribution is -2.24. The van der Waals surface area contributed by atoms with Gasteiger partial charge in [0.25, 0.3) is 5.78 Å². The van der Waals surface area contributed by atoms with Crippen LogP contribution in [0.25, 0.3) is 5.78 Å². The Balaban J connectivity index is 1.65. The van der Waals surface area contributed by atoms with E-state index in [1.807, 2.05) is 13.0 Å². The summed E-state index contributed by atoms with van der Waals surface area (Å²) in [5.74, 6) is 2.18. The molecule has 0 spiro atoms. The minimum Gasteiger partial charge on any atom is -0.367 e. The Kier molecular flexibility index (Phi) is 3.25. The zero-order chi connectivity index (χ0) is 14.9. The van der Waals surface area contributed by atoms with Crippen LogP contribution in [0.1, 0.15) is 36.4 Å². The summed E-state index contributed by atoms with van der Waals surface area (Å²) in [5, 5.41) is 7.96. The topological polar surface area (TPSA) is 55.1 Å². The van der Waals surface area contributed by atoms with Crippen LogP contribution in [0.2, 0.25) is 0 Å². The van der Waals surface area contributed by atoms with E-state index in [1.54, 1.807) is 10.8 Å². The number of fused-ring (bicyclic) bond motifs is 1. The van der Waals surface area contributed by atoms with Gasteiger partial charge < -0.3 is 5.32 Å². The van der Waals surface area contributed by atoms with Crippen molar-refractivity contribution in [1.29, 1.82) is 0 Å². The van der Waals surface area contributed by atoms with Gasteiger partial charge in [-0.1, -0.05) is 36.8 Å². The molecule has 0 unspecified atom stereocenters. The van der Waals surface area contributed by atoms with E-state index in [4.69, 9.17) is 0 Å². The van der Waals surface area contributed by atoms with Crippen LogP contribution >= 0.6 is 0 Å². The maximum Gasteiger partial charge on any atom is 0.254 e. The summed E-state index contributed by atoms with van der Waals surface area (Å²) in [7, 11) is 0. The van der Waals surface area contributed by atoms with Crippen LogP contribution in [0.5, 0.6) is 0 Å². The molecule has 0 aliphatic heterocycles. The molecular formula is C17H19N5. The monoisotopic (exact) mass is 293 g/mol. The van der Waals surface area contributed by atoms with Crippen LogP contribution in [0.4, 0.5) is 5.82 Å². The van der Waals surface area contributed by atoms with Crippen molar-refractivity contribution >= 4 is 11.6 Å². The molecule has 2 heterocycles. The average molecular weight is 293 g/mol. The molecule has 1 aliphatic rings. The summed E-state index contributed by atoms with van der Waals surface area (Å²) in [6.07, 6.45) is 5.21. The van der Waals surface area contributed by atoms with E-state index < -0.39 is 0 Å². The number of aromatic nitrogens is 4. The van der Waals surface area contributed by atoms with Gasteiger partial charge >= 0.3 is 0 Å². The first-order chi connectivity index (χ1) is 10.8. The predicted molar refractivity (Wildman–Crippen MR) is 86.0 cm³/mol. The van der Waals surface area contributed by atoms with Crippen molar-refractivity contribution in [3.8, 4) is 0 Å². The number of nitrogens with one attached hydrogen (secondary N) is 1. The fourth-order valence-corrected chi connectivity index (χ4v) is 3.46. The first-order valence-electron chi connectivity index (χ1n) is 7.80. The molecule has 3 aromatic rings. The minimum absolute atomic E-state index is 0.427. The van der Waals surface area contributed by atoms with Crippen molar-refractivity contribution in [2.75, 3.05) is 5.32 Å². The second kappa shape index (κ2) is 5.40. The van der Waals surface area contributed by atoms with E-state index in [1.165, 1.54) is 24.8 Å². The normalized spacial score (nSPS) is 21.3. The molecule has 0 bridgehead atoms. The summed E-state index contributed by atoms with van der Waals surface area (Å²) >= 11 is 0. The molecule has 1 aliphatic carbocycles. The molecule has 1 aromatic carbocycles. The van der Waals surface area contributed by atoms with Gasteiger partial charge in [-0.15, -0.1) is 0 Å². The van der Waals surface area contributed by atoms with Gasteiger partial charge in [0, 0.05) is 23.7 Å². The van der Waals surface area contributed by atoms with E-state index >= 15 is 0 Å². The third-order valence-electron chi connectivity index (χ3n) is 4.46. The highest BCUT2D eigenvalue weighted by Gasteiger charge is 2.29. The van der Waals surface area contributed by atoms with Gasteiger partial charge in [-0.2, -0.15) is 14.6 Å². The Bertz CT molecular complexity index is 780. The SMILES string of the molecule is Cc1cc(N[C@@H]2CCC[C@H]2c2ccccc2)n2ncnc2n1. The third-order valence-corrected chi connectivity index (χ3v) is 4.46. The summed E-state index contributed by atoms with van der Waals surface area (Å²) in [6, 6.07) is 13.2. The van der Waals surface area contributed by atoms with Crippen molar-refractivity contribution in [2.24, 2.45) is 0 Å². The van der Waals surface area contributed by atoms with Gasteiger partial charge in [-0.25, -0.2) is 4.98 Å². The molecule has 1 N–H and O–H groups in total. The fourth-order valence-electron chi connectivity index (χ4n) is 3.46. The first kappa shape index (κ1) is 13.2. The zero-order valence-corrected chi connectivity index (χ0v) is 12.6. The van der Waals surface area contributed by atoms with Crippen LogP contribution in [0.3, 0.4) is 0 Å². The average Bonchev–Trinajstić information content (AvgIpc) is 3.17. The molecule has 0 amide bonds. The minimum atomic E-state index is 0.427. The third kappa shape index (κ3) is 2.32. The second-order valence-corrected chi connectivity index (χ2v) is 5.95. The van der Waals surface area contributed by atoms with Gasteiger partial charge in [0.15, 0.2) is 0 Å². The lowest BCUT2D eigenvalue weighted by atomic mass is 9.94. The van der Waals surface area contributed by atoms with Gasteiger partial charge in [-0.3, -0.25) is 0 Å². The van der Waals surface area contributed by atoms with Gasteiger partial charge in [0.2, 0.25) is 0 Å². The molecule has 2 aromatic heterocycles. The highest BCUT2D eigenvalue weighted by Crippen LogP contribution is 2.36. The molecule has 5 nitrogen and oxygen atoms in total. The largest absolute Gasteiger partial charge is 0.367 e. The number of hydrogen-bond acceptors (Lipinski definition) is 4. The first-order valence-corrected chi connectivity index (χ1v) is 7.80. The van der Waals surface area contributed by atoms with E-state index in [0.717, 1.165) is 11.5 Å². The molecule has 1 fully saturated rings. The Morgan fingerprint density at radius 3 is 2.91 bits per heavy atom. The Labute approximate surface area is 129 Å². The second-order valence-electron chi connectivity index (χ2n) is 5.95. The summed E-state index contributed by atoms with van der Waals surface area (Å²) in [5.41, 5.74) is 2.37. The molecule has 1 saturated carbocycles. The quantitative estimate of drug-likeness (QED) is 0.806. The number of benzene rings is 1. The Morgan fingerprint density at radius 1 is 1.18 bits per heavy atom. The maximum absolute atomic E-state index is 4.40. The Morgan fingerprint density at radius 2 is 2.05 bits per heavy atom. The summed E-state index contributed by atoms with van der Waals surface area (Å²) in [4.78, 5) is 8.59. The van der Waals surface area contributed by atoms with Crippen LogP contribution < -0.4 is 5.32 Å². The highest BCUT2D eigenvalue weighted by atomic mass is 15.4. The highest BCUT2D eigenvalue weighted by molar-refractivity contribution is 5.46. The zero-order valence-electron chi connectivity index (χ0n) is 12.6. The van der Waals surface area contributed by atoms with Gasteiger partial charge in [-0.05, 0) is 25.3 Å². The summed E-state index contributed by atoms with van der Waals surface area (Å²) < 4.78 is 1.79. The Hall–Kier alpha value is -2.43. The van der Waals surface area contributed by atoms with Crippen molar-refractivity contribution in [1.82, 2.24) is 19.6 Å². The van der Waals surface area contributed by atoms with Crippen LogP contribution in [0, 0.1) is 6.92 Å². The number of anilines is 1. The van der Waals surface area contributed by atoms with Crippen molar-refractivity contribution in [3.63, 3.8) is 0 Å². The number of nitrogens with zero attached hydrogens (tertiary/aromatic N) is 4. The maximum atomic E-state index is 4.40. The molecule has 22 heavy (non-hydrogen) atoms. The molecule has 0 radical (unpaired) electrons. The van der Waals surface area contributed by atoms with E-state index in [9.17, 15) is 0 Å². The van der Waals surface area contributed by atoms with Crippen LogP contribution in [-0.4, -0.2) is 25.6 Å². The van der Waals surface area contributed by atoms with Crippen LogP contribution in [0.15, 0.2) is 42.7 Å². The number of aryl methyl sites for hydroxylation is 1.